The van der Waals surface area contributed by atoms with Crippen molar-refractivity contribution in [2.75, 3.05) is 0 Å². The minimum Gasteiger partial charge on any atom is -0.409 e. The molecule has 0 aromatic heterocycles. The van der Waals surface area contributed by atoms with Crippen molar-refractivity contribution >= 4 is 26.8 Å². The number of hydrogen-bond donors (Lipinski definition) is 1. The van der Waals surface area contributed by atoms with E-state index in [1.165, 1.54) is 26.9 Å². The van der Waals surface area contributed by atoms with Crippen LogP contribution in [0.3, 0.4) is 0 Å². The van der Waals surface area contributed by atoms with E-state index in [4.69, 9.17) is 22.4 Å². The molecule has 0 amide bonds. The molecule has 40 heavy (non-hydrogen) atoms. The summed E-state index contributed by atoms with van der Waals surface area (Å²) >= 11 is 0. The number of terminal acetylenes is 2. The zero-order chi connectivity index (χ0) is 33.4. The van der Waals surface area contributed by atoms with Gasteiger partial charge in [-0.15, -0.1) is 24.7 Å². The van der Waals surface area contributed by atoms with Crippen LogP contribution in [0, 0.1) is 24.7 Å². The number of alkyl halides is 5. The molecule has 0 spiro atoms. The molecule has 0 radical (unpaired) electrons. The van der Waals surface area contributed by atoms with Crippen molar-refractivity contribution in [1.82, 2.24) is 0 Å². The molecule has 0 saturated carbocycles. The Morgan fingerprint density at radius 1 is 0.750 bits per heavy atom. The lowest BCUT2D eigenvalue weighted by Crippen LogP contribution is -2.51. The maximum absolute atomic E-state index is 13.9. The van der Waals surface area contributed by atoms with Gasteiger partial charge in [0.25, 0.3) is 0 Å². The van der Waals surface area contributed by atoms with Crippen LogP contribution in [0.1, 0.15) is 82.1 Å². The van der Waals surface area contributed by atoms with Gasteiger partial charge in [-0.2, -0.15) is 21.6 Å². The summed E-state index contributed by atoms with van der Waals surface area (Å²) in [6.45, 7) is 24.9. The maximum Gasteiger partial charge on any atom is 0.522 e. The largest absolute Gasteiger partial charge is 0.522 e. The second kappa shape index (κ2) is 15.0. The fourth-order valence-corrected chi connectivity index (χ4v) is 7.35. The molecule has 0 fully saturated rings. The van der Waals surface area contributed by atoms with Crippen molar-refractivity contribution in [3.63, 3.8) is 0 Å². The monoisotopic (exact) mass is 638 g/mol. The van der Waals surface area contributed by atoms with Gasteiger partial charge in [0, 0.05) is 12.8 Å². The Morgan fingerprint density at radius 2 is 1.07 bits per heavy atom. The summed E-state index contributed by atoms with van der Waals surface area (Å²) in [7, 11) is -10.4. The normalized spacial score (nSPS) is 15.3. The van der Waals surface area contributed by atoms with Crippen LogP contribution in [0.2, 0.25) is 36.3 Å². The van der Waals surface area contributed by atoms with Crippen LogP contribution in [-0.4, -0.2) is 59.2 Å². The van der Waals surface area contributed by atoms with Crippen molar-refractivity contribution in [2.45, 2.75) is 147 Å². The van der Waals surface area contributed by atoms with Gasteiger partial charge in [0.1, 0.15) is 12.3 Å². The first-order valence-corrected chi connectivity index (χ1v) is 19.9. The first kappa shape index (κ1) is 43.5. The topological polar surface area (TPSA) is 72.8 Å². The fraction of sp³-hybridized carbons (Fsp3) is 0.852. The molecule has 0 aromatic carbocycles. The highest BCUT2D eigenvalue weighted by Crippen LogP contribution is 2.41. The molecule has 0 bridgehead atoms. The van der Waals surface area contributed by atoms with E-state index in [1.54, 1.807) is 34.6 Å². The van der Waals surface area contributed by atoms with Gasteiger partial charge in [0.05, 0.1) is 11.2 Å². The summed E-state index contributed by atoms with van der Waals surface area (Å²) < 4.78 is 94.6. The average Bonchev–Trinajstić information content (AvgIpc) is 2.64. The Kier molecular flexibility index (Phi) is 16.3. The van der Waals surface area contributed by atoms with Gasteiger partial charge < -0.3 is 13.4 Å². The Morgan fingerprint density at radius 3 is 1.30 bits per heavy atom. The molecule has 2 atom stereocenters. The van der Waals surface area contributed by atoms with Crippen LogP contribution >= 0.6 is 0 Å². The van der Waals surface area contributed by atoms with Crippen molar-refractivity contribution in [3.8, 4) is 24.7 Å². The van der Waals surface area contributed by atoms with Crippen molar-refractivity contribution in [1.29, 1.82) is 0 Å². The molecule has 0 aliphatic heterocycles. The predicted molar refractivity (Wildman–Crippen MR) is 159 cm³/mol. The van der Waals surface area contributed by atoms with Gasteiger partial charge >= 0.3 is 15.6 Å². The maximum atomic E-state index is 13.9. The van der Waals surface area contributed by atoms with Crippen LogP contribution in [0.25, 0.3) is 0 Å². The SMILES string of the molecule is C#CCC(F)C(C)(C)O.C#CCC(F)C(C)(C)O[Si](C)(C)C(C)(C)C.CC(C)(C)[Si](C)(C)OS(=O)(=O)C(F)(F)F. The molecule has 0 aliphatic rings. The quantitative estimate of drug-likeness (QED) is 0.126. The van der Waals surface area contributed by atoms with E-state index in [0.717, 1.165) is 0 Å². The predicted octanol–water partition coefficient (Wildman–Crippen LogP) is 8.12. The second-order valence-corrected chi connectivity index (χ2v) is 24.9. The molecule has 0 aromatic rings. The summed E-state index contributed by atoms with van der Waals surface area (Å²) in [6.07, 6.45) is 7.63. The number of halogens is 5. The number of hydrogen-bond acceptors (Lipinski definition) is 5. The Labute approximate surface area is 242 Å². The lowest BCUT2D eigenvalue weighted by atomic mass is 10.0. The van der Waals surface area contributed by atoms with E-state index in [1.807, 2.05) is 0 Å². The molecule has 238 valence electrons. The highest BCUT2D eigenvalue weighted by molar-refractivity contribution is 7.88. The van der Waals surface area contributed by atoms with Crippen molar-refractivity contribution in [2.24, 2.45) is 0 Å². The van der Waals surface area contributed by atoms with E-state index in [-0.39, 0.29) is 17.9 Å². The average molecular weight is 639 g/mol. The molecule has 0 aliphatic carbocycles. The number of aliphatic hydroxyl groups is 1. The lowest BCUT2D eigenvalue weighted by Gasteiger charge is -2.43. The Balaban J connectivity index is -0.000000534. The first-order valence-electron chi connectivity index (χ1n) is 12.7. The highest BCUT2D eigenvalue weighted by Gasteiger charge is 2.53. The van der Waals surface area contributed by atoms with Crippen molar-refractivity contribution in [3.05, 3.63) is 0 Å². The summed E-state index contributed by atoms with van der Waals surface area (Å²) in [5.41, 5.74) is -7.44. The number of rotatable bonds is 8. The minimum absolute atomic E-state index is 0.0243. The van der Waals surface area contributed by atoms with E-state index >= 15 is 0 Å². The van der Waals surface area contributed by atoms with Gasteiger partial charge in [-0.3, -0.25) is 0 Å². The molecular weight excluding hydrogens is 588 g/mol. The molecule has 0 saturated heterocycles. The molecular formula is C27H51F5O5SSi2. The van der Waals surface area contributed by atoms with Crippen LogP contribution in [0.5, 0.6) is 0 Å². The smallest absolute Gasteiger partial charge is 0.409 e. The molecule has 0 rings (SSSR count). The Bertz CT molecular complexity index is 960. The molecule has 0 heterocycles. The summed E-state index contributed by atoms with van der Waals surface area (Å²) in [4.78, 5) is 0. The van der Waals surface area contributed by atoms with Crippen molar-refractivity contribution < 1.29 is 43.8 Å². The summed E-state index contributed by atoms with van der Waals surface area (Å²) in [5.74, 6) is 4.50. The lowest BCUT2D eigenvalue weighted by molar-refractivity contribution is -0.0504. The minimum atomic E-state index is -5.48. The van der Waals surface area contributed by atoms with Crippen LogP contribution < -0.4 is 0 Å². The van der Waals surface area contributed by atoms with E-state index in [0.29, 0.717) is 0 Å². The van der Waals surface area contributed by atoms with E-state index in [9.17, 15) is 30.4 Å². The fourth-order valence-electron chi connectivity index (χ4n) is 2.02. The van der Waals surface area contributed by atoms with E-state index in [2.05, 4.69) is 49.6 Å². The summed E-state index contributed by atoms with van der Waals surface area (Å²) in [5, 5.41) is 8.44. The van der Waals surface area contributed by atoms with Crippen LogP contribution in [0.4, 0.5) is 22.0 Å². The molecule has 5 nitrogen and oxygen atoms in total. The first-order chi connectivity index (χ1) is 17.1. The van der Waals surface area contributed by atoms with Gasteiger partial charge in [-0.25, -0.2) is 8.78 Å². The Hall–Kier alpha value is -0.966. The zero-order valence-corrected chi connectivity index (χ0v) is 29.4. The molecule has 13 heteroatoms. The molecule has 1 N–H and O–H groups in total. The van der Waals surface area contributed by atoms with E-state index < -0.39 is 60.8 Å². The standard InChI is InChI=1S/C13H25FOSi.C7H15F3O3SSi.C7H11FO/c1-9-10-11(14)13(5,6)15-16(7,8)12(2,3)4;1-6(2,3)15(4,5)13-14(11,12)7(8,9)10;1-4-5-6(8)7(2,3)9/h1,11H,10H2,2-8H3;1-5H3;1,6,9H,5H2,2-3H3. The molecule has 2 unspecified atom stereocenters. The third-order valence-electron chi connectivity index (χ3n) is 6.85. The highest BCUT2D eigenvalue weighted by atomic mass is 32.2. The van der Waals surface area contributed by atoms with Gasteiger partial charge in [0.2, 0.25) is 8.32 Å². The van der Waals surface area contributed by atoms with Gasteiger partial charge in [-0.1, -0.05) is 41.5 Å². The van der Waals surface area contributed by atoms with Crippen LogP contribution in [0.15, 0.2) is 0 Å². The van der Waals surface area contributed by atoms with Crippen LogP contribution in [-0.2, 0) is 18.4 Å². The third kappa shape index (κ3) is 15.3. The summed E-state index contributed by atoms with van der Waals surface area (Å²) in [6, 6.07) is 0. The second-order valence-electron chi connectivity index (χ2n) is 13.6. The third-order valence-corrected chi connectivity index (χ3v) is 18.2. The zero-order valence-electron chi connectivity index (χ0n) is 26.6. The van der Waals surface area contributed by atoms with Gasteiger partial charge in [0.15, 0.2) is 8.32 Å². The van der Waals surface area contributed by atoms with Gasteiger partial charge in [-0.05, 0) is 64.0 Å².